The molecule has 0 atom stereocenters. The molecule has 1 heterocycles. The van der Waals surface area contributed by atoms with Gasteiger partial charge in [-0.1, -0.05) is 36.4 Å². The van der Waals surface area contributed by atoms with Crippen molar-refractivity contribution in [2.75, 3.05) is 5.73 Å². The zero-order valence-corrected chi connectivity index (χ0v) is 8.17. The second-order valence-corrected chi connectivity index (χ2v) is 3.11. The van der Waals surface area contributed by atoms with Gasteiger partial charge in [-0.2, -0.15) is 0 Å². The number of rotatable bonds is 2. The maximum atomic E-state index is 5.52. The molecule has 0 saturated heterocycles. The van der Waals surface area contributed by atoms with Crippen LogP contribution in [-0.4, -0.2) is 9.97 Å². The minimum absolute atomic E-state index is 0.435. The Morgan fingerprint density at radius 2 is 1.80 bits per heavy atom. The van der Waals surface area contributed by atoms with Crippen LogP contribution in [0.5, 0.6) is 0 Å². The van der Waals surface area contributed by atoms with E-state index in [-0.39, 0.29) is 0 Å². The first-order chi connectivity index (χ1) is 7.34. The first-order valence-electron chi connectivity index (χ1n) is 4.65. The van der Waals surface area contributed by atoms with E-state index in [0.717, 1.165) is 11.3 Å². The molecule has 0 bridgehead atoms. The third kappa shape index (κ3) is 2.64. The number of nitrogen functional groups attached to an aromatic ring is 1. The first-order valence-corrected chi connectivity index (χ1v) is 4.65. The Balaban J connectivity index is 2.19. The lowest BCUT2D eigenvalue weighted by Crippen LogP contribution is -1.92. The first kappa shape index (κ1) is 9.40. The van der Waals surface area contributed by atoms with Gasteiger partial charge in [-0.25, -0.2) is 4.98 Å². The lowest BCUT2D eigenvalue weighted by molar-refractivity contribution is 1.19. The van der Waals surface area contributed by atoms with E-state index >= 15 is 0 Å². The normalized spacial score (nSPS) is 10.7. The van der Waals surface area contributed by atoms with Crippen LogP contribution in [0.25, 0.3) is 12.2 Å². The number of aromatic nitrogens is 2. The molecule has 0 unspecified atom stereocenters. The van der Waals surface area contributed by atoms with Gasteiger partial charge in [-0.05, 0) is 11.6 Å². The molecule has 1 aromatic carbocycles. The number of anilines is 1. The molecule has 3 heteroatoms. The third-order valence-corrected chi connectivity index (χ3v) is 1.92. The van der Waals surface area contributed by atoms with Gasteiger partial charge >= 0.3 is 0 Å². The SMILES string of the molecule is Nc1cncc(/C=C/c2ccccc2)n1. The predicted octanol–water partition coefficient (Wildman–Crippen LogP) is 2.23. The Morgan fingerprint density at radius 1 is 1.00 bits per heavy atom. The maximum Gasteiger partial charge on any atom is 0.142 e. The topological polar surface area (TPSA) is 51.8 Å². The number of benzene rings is 1. The molecule has 2 rings (SSSR count). The van der Waals surface area contributed by atoms with E-state index in [1.807, 2.05) is 42.5 Å². The minimum Gasteiger partial charge on any atom is -0.382 e. The third-order valence-electron chi connectivity index (χ3n) is 1.92. The van der Waals surface area contributed by atoms with E-state index in [1.165, 1.54) is 6.20 Å². The predicted molar refractivity (Wildman–Crippen MR) is 61.8 cm³/mol. The van der Waals surface area contributed by atoms with Crippen LogP contribution in [0.3, 0.4) is 0 Å². The highest BCUT2D eigenvalue weighted by Crippen LogP contribution is 2.05. The van der Waals surface area contributed by atoms with Gasteiger partial charge in [0.2, 0.25) is 0 Å². The van der Waals surface area contributed by atoms with Gasteiger partial charge in [0.05, 0.1) is 18.1 Å². The van der Waals surface area contributed by atoms with Gasteiger partial charge in [0.1, 0.15) is 5.82 Å². The maximum absolute atomic E-state index is 5.52. The van der Waals surface area contributed by atoms with E-state index in [4.69, 9.17) is 5.73 Å². The molecule has 0 radical (unpaired) electrons. The number of hydrogen-bond donors (Lipinski definition) is 1. The molecule has 0 fully saturated rings. The summed E-state index contributed by atoms with van der Waals surface area (Å²) in [5, 5.41) is 0. The minimum atomic E-state index is 0.435. The summed E-state index contributed by atoms with van der Waals surface area (Å²) in [6, 6.07) is 10.0. The monoisotopic (exact) mass is 197 g/mol. The highest BCUT2D eigenvalue weighted by atomic mass is 14.9. The molecule has 2 N–H and O–H groups in total. The zero-order chi connectivity index (χ0) is 10.5. The van der Waals surface area contributed by atoms with E-state index in [0.29, 0.717) is 5.82 Å². The van der Waals surface area contributed by atoms with Crippen molar-refractivity contribution < 1.29 is 0 Å². The van der Waals surface area contributed by atoms with Crippen molar-refractivity contribution >= 4 is 18.0 Å². The summed E-state index contributed by atoms with van der Waals surface area (Å²) >= 11 is 0. The van der Waals surface area contributed by atoms with Gasteiger partial charge < -0.3 is 5.73 Å². The molecule has 1 aromatic heterocycles. The molecule has 0 amide bonds. The Morgan fingerprint density at radius 3 is 2.53 bits per heavy atom. The van der Waals surface area contributed by atoms with Crippen molar-refractivity contribution in [1.82, 2.24) is 9.97 Å². The van der Waals surface area contributed by atoms with Crippen molar-refractivity contribution in [2.24, 2.45) is 0 Å². The van der Waals surface area contributed by atoms with E-state index < -0.39 is 0 Å². The second kappa shape index (κ2) is 4.37. The summed E-state index contributed by atoms with van der Waals surface area (Å²) in [5.41, 5.74) is 7.41. The largest absolute Gasteiger partial charge is 0.382 e. The average Bonchev–Trinajstić information content (AvgIpc) is 2.28. The van der Waals surface area contributed by atoms with Crippen LogP contribution >= 0.6 is 0 Å². The molecule has 0 aliphatic carbocycles. The molecule has 0 aliphatic rings. The van der Waals surface area contributed by atoms with Gasteiger partial charge in [0.15, 0.2) is 0 Å². The van der Waals surface area contributed by atoms with Crippen LogP contribution in [0.4, 0.5) is 5.82 Å². The van der Waals surface area contributed by atoms with Gasteiger partial charge in [-0.3, -0.25) is 4.98 Å². The summed E-state index contributed by atoms with van der Waals surface area (Å²) < 4.78 is 0. The Bertz CT molecular complexity index is 463. The summed E-state index contributed by atoms with van der Waals surface area (Å²) in [6.07, 6.45) is 7.07. The summed E-state index contributed by atoms with van der Waals surface area (Å²) in [7, 11) is 0. The van der Waals surface area contributed by atoms with Gasteiger partial charge in [0.25, 0.3) is 0 Å². The Labute approximate surface area is 88.3 Å². The van der Waals surface area contributed by atoms with Crippen LogP contribution in [0.1, 0.15) is 11.3 Å². The summed E-state index contributed by atoms with van der Waals surface area (Å²) in [4.78, 5) is 8.07. The van der Waals surface area contributed by atoms with Crippen LogP contribution in [0, 0.1) is 0 Å². The molecule has 2 aromatic rings. The number of nitrogens with zero attached hydrogens (tertiary/aromatic N) is 2. The molecule has 3 nitrogen and oxygen atoms in total. The molecule has 0 aliphatic heterocycles. The molecule has 15 heavy (non-hydrogen) atoms. The second-order valence-electron chi connectivity index (χ2n) is 3.11. The van der Waals surface area contributed by atoms with E-state index in [9.17, 15) is 0 Å². The van der Waals surface area contributed by atoms with E-state index in [2.05, 4.69) is 9.97 Å². The molecule has 0 spiro atoms. The fourth-order valence-corrected chi connectivity index (χ4v) is 1.22. The zero-order valence-electron chi connectivity index (χ0n) is 8.17. The van der Waals surface area contributed by atoms with Crippen molar-refractivity contribution in [3.63, 3.8) is 0 Å². The summed E-state index contributed by atoms with van der Waals surface area (Å²) in [5.74, 6) is 0.435. The molecule has 0 saturated carbocycles. The lowest BCUT2D eigenvalue weighted by Gasteiger charge is -1.94. The van der Waals surface area contributed by atoms with Crippen LogP contribution < -0.4 is 5.73 Å². The lowest BCUT2D eigenvalue weighted by atomic mass is 10.2. The average molecular weight is 197 g/mol. The summed E-state index contributed by atoms with van der Waals surface area (Å²) in [6.45, 7) is 0. The molecule has 74 valence electrons. The molecular weight excluding hydrogens is 186 g/mol. The quantitative estimate of drug-likeness (QED) is 0.803. The van der Waals surface area contributed by atoms with Crippen molar-refractivity contribution in [3.8, 4) is 0 Å². The highest BCUT2D eigenvalue weighted by Gasteiger charge is 1.90. The van der Waals surface area contributed by atoms with Crippen molar-refractivity contribution in [1.29, 1.82) is 0 Å². The highest BCUT2D eigenvalue weighted by molar-refractivity contribution is 5.67. The molecular formula is C12H11N3. The standard InChI is InChI=1S/C12H11N3/c13-12-9-14-8-11(15-12)7-6-10-4-2-1-3-5-10/h1-9H,(H2,13,15)/b7-6+. The number of hydrogen-bond acceptors (Lipinski definition) is 3. The van der Waals surface area contributed by atoms with Gasteiger partial charge in [-0.15, -0.1) is 0 Å². The van der Waals surface area contributed by atoms with Crippen LogP contribution in [0.2, 0.25) is 0 Å². The number of nitrogens with two attached hydrogens (primary N) is 1. The van der Waals surface area contributed by atoms with Crippen LogP contribution in [0.15, 0.2) is 42.7 Å². The smallest absolute Gasteiger partial charge is 0.142 e. The van der Waals surface area contributed by atoms with Gasteiger partial charge in [0, 0.05) is 0 Å². The van der Waals surface area contributed by atoms with Crippen LogP contribution in [-0.2, 0) is 0 Å². The fraction of sp³-hybridized carbons (Fsp3) is 0. The van der Waals surface area contributed by atoms with E-state index in [1.54, 1.807) is 6.20 Å². The Hall–Kier alpha value is -2.16. The van der Waals surface area contributed by atoms with Crippen molar-refractivity contribution in [2.45, 2.75) is 0 Å². The fourth-order valence-electron chi connectivity index (χ4n) is 1.22. The van der Waals surface area contributed by atoms with Crippen molar-refractivity contribution in [3.05, 3.63) is 54.0 Å². The Kier molecular flexibility index (Phi) is 2.74.